The lowest BCUT2D eigenvalue weighted by atomic mass is 9.93. The molecule has 12 heteroatoms. The molecule has 0 spiro atoms. The minimum absolute atomic E-state index is 0.0171. The van der Waals surface area contributed by atoms with Gasteiger partial charge in [-0.3, -0.25) is 9.36 Å². The zero-order chi connectivity index (χ0) is 32.2. The molecule has 234 valence electrons. The first-order valence-electron chi connectivity index (χ1n) is 14.1. The Labute approximate surface area is 295 Å². The number of esters is 1. The van der Waals surface area contributed by atoms with Gasteiger partial charge in [0.15, 0.2) is 4.80 Å². The van der Waals surface area contributed by atoms with Gasteiger partial charge in [-0.05, 0) is 101 Å². The van der Waals surface area contributed by atoms with Crippen LogP contribution in [0.2, 0.25) is 5.02 Å². The second-order valence-corrected chi connectivity index (χ2v) is 13.8. The van der Waals surface area contributed by atoms with E-state index in [2.05, 4.69) is 45.2 Å². The number of methoxy groups -OCH3 is 1. The van der Waals surface area contributed by atoms with Crippen molar-refractivity contribution in [1.82, 2.24) is 4.57 Å². The van der Waals surface area contributed by atoms with Gasteiger partial charge < -0.3 is 14.2 Å². The monoisotopic (exact) mass is 872 g/mol. The van der Waals surface area contributed by atoms with E-state index in [4.69, 9.17) is 30.8 Å². The number of halogens is 4. The molecule has 0 saturated heterocycles. The Bertz CT molecular complexity index is 1990. The van der Waals surface area contributed by atoms with Crippen LogP contribution in [0.15, 0.2) is 75.7 Å². The lowest BCUT2D eigenvalue weighted by molar-refractivity contribution is -0.139. The van der Waals surface area contributed by atoms with Crippen LogP contribution in [-0.2, 0) is 16.1 Å². The molecule has 4 aromatic rings. The third-order valence-corrected chi connectivity index (χ3v) is 9.67. The largest absolute Gasteiger partial charge is 0.496 e. The predicted octanol–water partition coefficient (Wildman–Crippen LogP) is 7.17. The fraction of sp³-hybridized carbons (Fsp3) is 0.242. The molecular weight excluding hydrogens is 845 g/mol. The molecule has 0 amide bonds. The summed E-state index contributed by atoms with van der Waals surface area (Å²) in [6, 6.07) is 14.5. The third kappa shape index (κ3) is 7.15. The zero-order valence-corrected chi connectivity index (χ0v) is 30.4. The Morgan fingerprint density at radius 1 is 1.16 bits per heavy atom. The molecule has 0 unspecified atom stereocenters. The zero-order valence-electron chi connectivity index (χ0n) is 24.5. The summed E-state index contributed by atoms with van der Waals surface area (Å²) in [5.41, 5.74) is 2.09. The standard InChI is InChI=1S/C33H28ClFI2N2O5S/c1-4-8-25-28(32(41)43-5-2)29(22-15-20(34)11-12-26(22)42-3)39-31(40)27(45-33(39)38-25)14-19-13-21(36)16-24(37)30(19)44-17-18-9-6-7-10-23(18)35/h6-7,9-16,29H,4-5,8,17H2,1-3H3/b27-14+/t29-/m1/s1. The van der Waals surface area contributed by atoms with E-state index in [-0.39, 0.29) is 30.2 Å². The summed E-state index contributed by atoms with van der Waals surface area (Å²) in [6.07, 6.45) is 2.98. The summed E-state index contributed by atoms with van der Waals surface area (Å²) >= 11 is 12.0. The molecule has 0 bridgehead atoms. The summed E-state index contributed by atoms with van der Waals surface area (Å²) in [4.78, 5) is 33.1. The normalized spacial score (nSPS) is 14.6. The van der Waals surface area contributed by atoms with E-state index < -0.39 is 12.0 Å². The van der Waals surface area contributed by atoms with Crippen molar-refractivity contribution in [2.75, 3.05) is 13.7 Å². The number of aromatic nitrogens is 1. The molecule has 0 fully saturated rings. The predicted molar refractivity (Wildman–Crippen MR) is 190 cm³/mol. The highest BCUT2D eigenvalue weighted by Crippen LogP contribution is 2.38. The number of fused-ring (bicyclic) bond motifs is 1. The molecule has 0 radical (unpaired) electrons. The van der Waals surface area contributed by atoms with Crippen LogP contribution >= 0.6 is 68.1 Å². The van der Waals surface area contributed by atoms with E-state index in [1.54, 1.807) is 49.4 Å². The second kappa shape index (κ2) is 14.8. The first kappa shape index (κ1) is 33.6. The van der Waals surface area contributed by atoms with Gasteiger partial charge in [0.05, 0.1) is 33.1 Å². The number of carbonyl (C=O) groups is 1. The molecule has 45 heavy (non-hydrogen) atoms. The summed E-state index contributed by atoms with van der Waals surface area (Å²) in [6.45, 7) is 3.91. The van der Waals surface area contributed by atoms with Crippen LogP contribution in [0.25, 0.3) is 6.08 Å². The molecule has 7 nitrogen and oxygen atoms in total. The van der Waals surface area contributed by atoms with Crippen molar-refractivity contribution >= 4 is 80.2 Å². The third-order valence-electron chi connectivity index (χ3n) is 7.03. The first-order chi connectivity index (χ1) is 21.7. The number of thiazole rings is 1. The molecule has 5 rings (SSSR count). The van der Waals surface area contributed by atoms with Crippen LogP contribution in [0.3, 0.4) is 0 Å². The van der Waals surface area contributed by atoms with E-state index in [0.29, 0.717) is 54.7 Å². The van der Waals surface area contributed by atoms with Gasteiger partial charge in [-0.25, -0.2) is 14.2 Å². The molecule has 2 heterocycles. The van der Waals surface area contributed by atoms with Crippen molar-refractivity contribution in [1.29, 1.82) is 0 Å². The SMILES string of the molecule is CCCC1=C(C(=O)OCC)[C@@H](c2cc(Cl)ccc2OC)n2c(s/c(=C/c3cc(I)cc(I)c3OCc3ccccc3F)c2=O)=N1. The number of benzene rings is 3. The van der Waals surface area contributed by atoms with Gasteiger partial charge >= 0.3 is 5.97 Å². The molecular formula is C33H28ClFI2N2O5S. The van der Waals surface area contributed by atoms with Gasteiger partial charge in [-0.1, -0.05) is 54.5 Å². The Morgan fingerprint density at radius 2 is 1.93 bits per heavy atom. The molecule has 0 saturated carbocycles. The van der Waals surface area contributed by atoms with Crippen LogP contribution in [0.5, 0.6) is 11.5 Å². The highest BCUT2D eigenvalue weighted by atomic mass is 127. The van der Waals surface area contributed by atoms with Crippen molar-refractivity contribution < 1.29 is 23.4 Å². The number of hydrogen-bond donors (Lipinski definition) is 0. The lowest BCUT2D eigenvalue weighted by Gasteiger charge is -2.27. The average Bonchev–Trinajstić information content (AvgIpc) is 3.31. The lowest BCUT2D eigenvalue weighted by Crippen LogP contribution is -2.40. The molecule has 1 atom stereocenters. The summed E-state index contributed by atoms with van der Waals surface area (Å²) in [7, 11) is 1.53. The Hall–Kier alpha value is -2.75. The van der Waals surface area contributed by atoms with E-state index in [1.165, 1.54) is 29.1 Å². The van der Waals surface area contributed by atoms with Gasteiger partial charge in [0.1, 0.15) is 30.0 Å². The molecule has 1 aromatic heterocycles. The summed E-state index contributed by atoms with van der Waals surface area (Å²) in [5.74, 6) is 0.0817. The molecule has 0 N–H and O–H groups in total. The average molecular weight is 873 g/mol. The van der Waals surface area contributed by atoms with E-state index in [1.807, 2.05) is 19.1 Å². The van der Waals surface area contributed by atoms with Gasteiger partial charge in [-0.2, -0.15) is 0 Å². The Morgan fingerprint density at radius 3 is 2.64 bits per heavy atom. The van der Waals surface area contributed by atoms with E-state index in [0.717, 1.165) is 13.6 Å². The highest BCUT2D eigenvalue weighted by Gasteiger charge is 2.36. The molecule has 1 aliphatic rings. The molecule has 1 aliphatic heterocycles. The highest BCUT2D eigenvalue weighted by molar-refractivity contribution is 14.1. The van der Waals surface area contributed by atoms with Crippen LogP contribution in [-0.4, -0.2) is 24.3 Å². The number of rotatable bonds is 10. The van der Waals surface area contributed by atoms with Crippen molar-refractivity contribution in [2.24, 2.45) is 4.99 Å². The van der Waals surface area contributed by atoms with Crippen molar-refractivity contribution in [3.05, 3.63) is 120 Å². The fourth-order valence-corrected chi connectivity index (χ4v) is 8.32. The van der Waals surface area contributed by atoms with Crippen LogP contribution in [0.4, 0.5) is 4.39 Å². The first-order valence-corrected chi connectivity index (χ1v) is 17.4. The van der Waals surface area contributed by atoms with Crippen LogP contribution in [0, 0.1) is 13.0 Å². The summed E-state index contributed by atoms with van der Waals surface area (Å²) in [5, 5.41) is 0.426. The van der Waals surface area contributed by atoms with Gasteiger partial charge in [0.2, 0.25) is 0 Å². The van der Waals surface area contributed by atoms with Crippen LogP contribution < -0.4 is 24.4 Å². The number of nitrogens with zero attached hydrogens (tertiary/aromatic N) is 2. The van der Waals surface area contributed by atoms with Crippen LogP contribution in [0.1, 0.15) is 49.4 Å². The maximum Gasteiger partial charge on any atom is 0.338 e. The minimum atomic E-state index is -0.884. The van der Waals surface area contributed by atoms with Crippen molar-refractivity contribution in [2.45, 2.75) is 39.3 Å². The van der Waals surface area contributed by atoms with Gasteiger partial charge in [0, 0.05) is 25.3 Å². The molecule has 3 aromatic carbocycles. The second-order valence-electron chi connectivity index (χ2n) is 9.99. The smallest absolute Gasteiger partial charge is 0.338 e. The number of allylic oxidation sites excluding steroid dienone is 1. The molecule has 0 aliphatic carbocycles. The summed E-state index contributed by atoms with van der Waals surface area (Å²) < 4.78 is 35.3. The number of hydrogen-bond acceptors (Lipinski definition) is 7. The number of carbonyl (C=O) groups excluding carboxylic acids is 1. The Balaban J connectivity index is 1.73. The number of ether oxygens (including phenoxy) is 3. The maximum absolute atomic E-state index is 14.4. The van der Waals surface area contributed by atoms with E-state index >= 15 is 0 Å². The topological polar surface area (TPSA) is 79.1 Å². The quantitative estimate of drug-likeness (QED) is 0.125. The van der Waals surface area contributed by atoms with E-state index in [9.17, 15) is 14.0 Å². The maximum atomic E-state index is 14.4. The Kier molecular flexibility index (Phi) is 11.0. The van der Waals surface area contributed by atoms with Crippen molar-refractivity contribution in [3.63, 3.8) is 0 Å². The fourth-order valence-electron chi connectivity index (χ4n) is 5.08. The van der Waals surface area contributed by atoms with Gasteiger partial charge in [0.25, 0.3) is 5.56 Å². The van der Waals surface area contributed by atoms with Crippen molar-refractivity contribution in [3.8, 4) is 11.5 Å². The van der Waals surface area contributed by atoms with Gasteiger partial charge in [-0.15, -0.1) is 0 Å². The minimum Gasteiger partial charge on any atom is -0.496 e.